The van der Waals surface area contributed by atoms with Crippen molar-refractivity contribution in [2.24, 2.45) is 5.10 Å². The molecule has 32 heavy (non-hydrogen) atoms. The van der Waals surface area contributed by atoms with E-state index >= 15 is 0 Å². The van der Waals surface area contributed by atoms with E-state index in [9.17, 15) is 9.59 Å². The molecule has 0 radical (unpaired) electrons. The van der Waals surface area contributed by atoms with Gasteiger partial charge in [0.05, 0.1) is 18.9 Å². The summed E-state index contributed by atoms with van der Waals surface area (Å²) >= 11 is 9.19. The van der Waals surface area contributed by atoms with E-state index in [0.29, 0.717) is 27.6 Å². The third-order valence-corrected chi connectivity index (χ3v) is 4.80. The van der Waals surface area contributed by atoms with Gasteiger partial charge in [-0.2, -0.15) is 5.10 Å². The molecule has 3 aromatic carbocycles. The van der Waals surface area contributed by atoms with Gasteiger partial charge in [0.15, 0.2) is 18.1 Å². The normalized spacial score (nSPS) is 10.6. The van der Waals surface area contributed by atoms with E-state index in [1.807, 2.05) is 0 Å². The minimum atomic E-state index is -0.510. The Balaban J connectivity index is 1.56. The van der Waals surface area contributed by atoms with Gasteiger partial charge < -0.3 is 14.2 Å². The second-order valence-electron chi connectivity index (χ2n) is 6.35. The van der Waals surface area contributed by atoms with E-state index < -0.39 is 11.9 Å². The van der Waals surface area contributed by atoms with Gasteiger partial charge in [-0.15, -0.1) is 0 Å². The van der Waals surface area contributed by atoms with Gasteiger partial charge in [0, 0.05) is 9.50 Å². The second-order valence-corrected chi connectivity index (χ2v) is 7.70. The zero-order valence-corrected chi connectivity index (χ0v) is 19.2. The van der Waals surface area contributed by atoms with Crippen LogP contribution in [0.15, 0.2) is 76.3 Å². The number of ether oxygens (including phenoxy) is 3. The number of carbonyl (C=O) groups excluding carboxylic acids is 2. The van der Waals surface area contributed by atoms with Crippen LogP contribution in [0.25, 0.3) is 0 Å². The van der Waals surface area contributed by atoms with Crippen molar-refractivity contribution >= 4 is 45.6 Å². The number of hydrogen-bond acceptors (Lipinski definition) is 6. The van der Waals surface area contributed by atoms with Crippen molar-refractivity contribution in [3.8, 4) is 17.2 Å². The van der Waals surface area contributed by atoms with Crippen molar-refractivity contribution in [1.29, 1.82) is 0 Å². The number of halogens is 2. The molecule has 3 rings (SSSR count). The van der Waals surface area contributed by atoms with Gasteiger partial charge in [-0.25, -0.2) is 10.2 Å². The minimum absolute atomic E-state index is 0.216. The fraction of sp³-hybridized carbons (Fsp3) is 0.0870. The van der Waals surface area contributed by atoms with Crippen LogP contribution in [0.2, 0.25) is 5.02 Å². The van der Waals surface area contributed by atoms with Crippen LogP contribution < -0.4 is 19.6 Å². The third-order valence-electron chi connectivity index (χ3n) is 4.04. The molecule has 0 atom stereocenters. The van der Waals surface area contributed by atoms with Gasteiger partial charge in [-0.1, -0.05) is 33.6 Å². The standard InChI is InChI=1S/C23H18BrClN2O5/c1-30-21-11-15(5-10-20(21)32-23(29)16-6-8-17(24)9-7-16)13-26-27-22(28)14-31-19-4-2-3-18(25)12-19/h2-13H,14H2,1H3,(H,27,28)/b26-13-. The molecule has 0 aliphatic rings. The van der Waals surface area contributed by atoms with Crippen molar-refractivity contribution in [3.63, 3.8) is 0 Å². The molecule has 0 unspecified atom stereocenters. The van der Waals surface area contributed by atoms with E-state index in [4.69, 9.17) is 25.8 Å². The maximum Gasteiger partial charge on any atom is 0.343 e. The van der Waals surface area contributed by atoms with Gasteiger partial charge in [-0.05, 0) is 66.2 Å². The number of carbonyl (C=O) groups is 2. The summed E-state index contributed by atoms with van der Waals surface area (Å²) in [5.74, 6) is 0.138. The van der Waals surface area contributed by atoms with Crippen LogP contribution in [0.4, 0.5) is 0 Å². The Hall–Kier alpha value is -3.36. The second kappa shape index (κ2) is 11.3. The molecular formula is C23H18BrClN2O5. The maximum absolute atomic E-state index is 12.3. The van der Waals surface area contributed by atoms with Crippen molar-refractivity contribution < 1.29 is 23.8 Å². The maximum atomic E-state index is 12.3. The topological polar surface area (TPSA) is 86.2 Å². The Morgan fingerprint density at radius 3 is 2.56 bits per heavy atom. The van der Waals surface area contributed by atoms with Crippen molar-refractivity contribution in [2.45, 2.75) is 0 Å². The number of rotatable bonds is 8. The highest BCUT2D eigenvalue weighted by Gasteiger charge is 2.13. The first kappa shape index (κ1) is 23.3. The summed E-state index contributed by atoms with van der Waals surface area (Å²) < 4.78 is 16.9. The van der Waals surface area contributed by atoms with Crippen LogP contribution >= 0.6 is 27.5 Å². The summed E-state index contributed by atoms with van der Waals surface area (Å²) in [6.07, 6.45) is 1.43. The monoisotopic (exact) mass is 516 g/mol. The first-order valence-electron chi connectivity index (χ1n) is 9.30. The number of nitrogens with zero attached hydrogens (tertiary/aromatic N) is 1. The molecule has 0 bridgehead atoms. The molecule has 0 fully saturated rings. The van der Waals surface area contributed by atoms with Crippen LogP contribution in [-0.2, 0) is 4.79 Å². The minimum Gasteiger partial charge on any atom is -0.493 e. The van der Waals surface area contributed by atoms with E-state index in [2.05, 4.69) is 26.5 Å². The number of benzene rings is 3. The zero-order valence-electron chi connectivity index (χ0n) is 16.9. The summed E-state index contributed by atoms with van der Waals surface area (Å²) in [5.41, 5.74) is 3.40. The molecule has 0 saturated heterocycles. The average molecular weight is 518 g/mol. The van der Waals surface area contributed by atoms with Gasteiger partial charge in [0.2, 0.25) is 0 Å². The van der Waals surface area contributed by atoms with Crippen molar-refractivity contribution in [1.82, 2.24) is 5.43 Å². The quantitative estimate of drug-likeness (QED) is 0.200. The third kappa shape index (κ3) is 6.83. The number of esters is 1. The number of hydrazone groups is 1. The summed E-state index contributed by atoms with van der Waals surface area (Å²) in [6, 6.07) is 18.4. The lowest BCUT2D eigenvalue weighted by atomic mass is 10.2. The summed E-state index contributed by atoms with van der Waals surface area (Å²) in [4.78, 5) is 24.2. The highest BCUT2D eigenvalue weighted by atomic mass is 79.9. The van der Waals surface area contributed by atoms with E-state index in [0.717, 1.165) is 4.47 Å². The summed E-state index contributed by atoms with van der Waals surface area (Å²) in [7, 11) is 1.46. The van der Waals surface area contributed by atoms with Crippen molar-refractivity contribution in [3.05, 3.63) is 87.4 Å². The SMILES string of the molecule is COc1cc(/C=N\NC(=O)COc2cccc(Cl)c2)ccc1OC(=O)c1ccc(Br)cc1. The predicted molar refractivity (Wildman–Crippen MR) is 125 cm³/mol. The number of nitrogens with one attached hydrogen (secondary N) is 1. The summed E-state index contributed by atoms with van der Waals surface area (Å²) in [6.45, 7) is -0.216. The van der Waals surface area contributed by atoms with Gasteiger partial charge in [0.1, 0.15) is 5.75 Å². The van der Waals surface area contributed by atoms with Crippen LogP contribution in [0.5, 0.6) is 17.2 Å². The molecule has 0 heterocycles. The van der Waals surface area contributed by atoms with Gasteiger partial charge in [-0.3, -0.25) is 4.79 Å². The molecular weight excluding hydrogens is 500 g/mol. The van der Waals surface area contributed by atoms with E-state index in [-0.39, 0.29) is 12.4 Å². The molecule has 0 aliphatic carbocycles. The highest BCUT2D eigenvalue weighted by molar-refractivity contribution is 9.10. The summed E-state index contributed by atoms with van der Waals surface area (Å²) in [5, 5.41) is 4.41. The predicted octanol–water partition coefficient (Wildman–Crippen LogP) is 4.86. The molecule has 3 aromatic rings. The Morgan fingerprint density at radius 1 is 1.06 bits per heavy atom. The lowest BCUT2D eigenvalue weighted by Gasteiger charge is -2.10. The molecule has 1 amide bonds. The molecule has 7 nitrogen and oxygen atoms in total. The fourth-order valence-corrected chi connectivity index (χ4v) is 2.95. The lowest BCUT2D eigenvalue weighted by molar-refractivity contribution is -0.123. The lowest BCUT2D eigenvalue weighted by Crippen LogP contribution is -2.24. The fourth-order valence-electron chi connectivity index (χ4n) is 2.51. The van der Waals surface area contributed by atoms with Crippen molar-refractivity contribution in [2.75, 3.05) is 13.7 Å². The van der Waals surface area contributed by atoms with Crippen LogP contribution in [-0.4, -0.2) is 31.8 Å². The Labute approximate surface area is 198 Å². The first-order chi connectivity index (χ1) is 15.4. The Kier molecular flexibility index (Phi) is 8.24. The van der Waals surface area contributed by atoms with Gasteiger partial charge in [0.25, 0.3) is 5.91 Å². The Bertz CT molecular complexity index is 1140. The molecule has 0 aromatic heterocycles. The number of hydrogen-bond donors (Lipinski definition) is 1. The van der Waals surface area contributed by atoms with Crippen LogP contribution in [0.1, 0.15) is 15.9 Å². The van der Waals surface area contributed by atoms with Crippen LogP contribution in [0.3, 0.4) is 0 Å². The Morgan fingerprint density at radius 2 is 1.84 bits per heavy atom. The highest BCUT2D eigenvalue weighted by Crippen LogP contribution is 2.28. The van der Waals surface area contributed by atoms with E-state index in [1.54, 1.807) is 66.7 Å². The molecule has 0 saturated carbocycles. The number of amides is 1. The first-order valence-corrected chi connectivity index (χ1v) is 10.5. The van der Waals surface area contributed by atoms with Crippen LogP contribution in [0, 0.1) is 0 Å². The average Bonchev–Trinajstić information content (AvgIpc) is 2.79. The largest absolute Gasteiger partial charge is 0.493 e. The molecule has 9 heteroatoms. The molecule has 0 aliphatic heterocycles. The van der Waals surface area contributed by atoms with E-state index in [1.165, 1.54) is 13.3 Å². The van der Waals surface area contributed by atoms with Gasteiger partial charge >= 0.3 is 5.97 Å². The smallest absolute Gasteiger partial charge is 0.343 e. The molecule has 0 spiro atoms. The number of methoxy groups -OCH3 is 1. The molecule has 164 valence electrons. The molecule has 1 N–H and O–H groups in total. The zero-order chi connectivity index (χ0) is 22.9.